The van der Waals surface area contributed by atoms with E-state index in [1.165, 1.54) is 19.4 Å². The van der Waals surface area contributed by atoms with Crippen LogP contribution in [0.5, 0.6) is 5.75 Å². The van der Waals surface area contributed by atoms with Crippen LogP contribution in [0.4, 0.5) is 0 Å². The summed E-state index contributed by atoms with van der Waals surface area (Å²) in [5.74, 6) is 0.111. The van der Waals surface area contributed by atoms with Crippen LogP contribution in [-0.4, -0.2) is 41.1 Å². The normalized spacial score (nSPS) is 26.2. The van der Waals surface area contributed by atoms with E-state index in [0.29, 0.717) is 11.6 Å². The molecule has 0 aliphatic carbocycles. The van der Waals surface area contributed by atoms with Crippen LogP contribution < -0.4 is 5.32 Å². The van der Waals surface area contributed by atoms with Crippen LogP contribution in [-0.2, 0) is 0 Å². The summed E-state index contributed by atoms with van der Waals surface area (Å²) in [6, 6.07) is 6.03. The van der Waals surface area contributed by atoms with Crippen molar-refractivity contribution in [2.24, 2.45) is 0 Å². The van der Waals surface area contributed by atoms with Gasteiger partial charge < -0.3 is 15.3 Å². The number of fused-ring (bicyclic) bond motifs is 1. The number of carbonyl (C=O) groups is 1. The van der Waals surface area contributed by atoms with Gasteiger partial charge in [-0.25, -0.2) is 0 Å². The Morgan fingerprint density at radius 1 is 1.35 bits per heavy atom. The Balaban J connectivity index is 1.62. The molecule has 20 heavy (non-hydrogen) atoms. The maximum atomic E-state index is 12.2. The van der Waals surface area contributed by atoms with Crippen LogP contribution in [0.25, 0.3) is 0 Å². The fourth-order valence-corrected chi connectivity index (χ4v) is 3.37. The number of benzene rings is 1. The summed E-state index contributed by atoms with van der Waals surface area (Å²) >= 11 is 0. The zero-order valence-corrected chi connectivity index (χ0v) is 11.9. The van der Waals surface area contributed by atoms with E-state index in [-0.39, 0.29) is 17.7 Å². The number of hydrogen-bond donors (Lipinski definition) is 2. The minimum Gasteiger partial charge on any atom is -0.508 e. The monoisotopic (exact) mass is 274 g/mol. The summed E-state index contributed by atoms with van der Waals surface area (Å²) in [5, 5.41) is 12.8. The average molecular weight is 274 g/mol. The number of amides is 1. The van der Waals surface area contributed by atoms with Gasteiger partial charge >= 0.3 is 0 Å². The highest BCUT2D eigenvalue weighted by atomic mass is 16.3. The standard InChI is InChI=1S/C16H22N2O2/c1-11-4-5-12(9-15(11)19)16(20)17-13-6-8-18-7-2-3-14(18)10-13/h4-5,9,13-14,19H,2-3,6-8,10H2,1H3,(H,17,20). The lowest BCUT2D eigenvalue weighted by molar-refractivity contribution is 0.0896. The van der Waals surface area contributed by atoms with Crippen LogP contribution in [0.1, 0.15) is 41.6 Å². The van der Waals surface area contributed by atoms with Gasteiger partial charge in [0.25, 0.3) is 5.91 Å². The highest BCUT2D eigenvalue weighted by molar-refractivity contribution is 5.94. The minimum absolute atomic E-state index is 0.0725. The zero-order valence-electron chi connectivity index (χ0n) is 11.9. The highest BCUT2D eigenvalue weighted by Crippen LogP contribution is 2.27. The average Bonchev–Trinajstić information content (AvgIpc) is 2.89. The lowest BCUT2D eigenvalue weighted by Crippen LogP contribution is -2.47. The van der Waals surface area contributed by atoms with E-state index in [0.717, 1.165) is 24.9 Å². The molecule has 1 aromatic carbocycles. The Labute approximate surface area is 119 Å². The summed E-state index contributed by atoms with van der Waals surface area (Å²) < 4.78 is 0. The van der Waals surface area contributed by atoms with Gasteiger partial charge in [0.2, 0.25) is 0 Å². The molecule has 2 fully saturated rings. The number of carbonyl (C=O) groups excluding carboxylic acids is 1. The van der Waals surface area contributed by atoms with Gasteiger partial charge in [0, 0.05) is 24.2 Å². The molecular formula is C16H22N2O2. The largest absolute Gasteiger partial charge is 0.508 e. The topological polar surface area (TPSA) is 52.6 Å². The van der Waals surface area contributed by atoms with Crippen molar-refractivity contribution in [2.75, 3.05) is 13.1 Å². The fourth-order valence-electron chi connectivity index (χ4n) is 3.37. The molecule has 0 aromatic heterocycles. The lowest BCUT2D eigenvalue weighted by Gasteiger charge is -2.35. The van der Waals surface area contributed by atoms with E-state index in [1.807, 2.05) is 6.92 Å². The first-order chi connectivity index (χ1) is 9.63. The second kappa shape index (κ2) is 5.44. The van der Waals surface area contributed by atoms with Crippen LogP contribution >= 0.6 is 0 Å². The Morgan fingerprint density at radius 3 is 3.00 bits per heavy atom. The van der Waals surface area contributed by atoms with Gasteiger partial charge in [-0.1, -0.05) is 6.07 Å². The number of aromatic hydroxyl groups is 1. The maximum absolute atomic E-state index is 12.2. The third kappa shape index (κ3) is 2.66. The molecule has 4 nitrogen and oxygen atoms in total. The molecule has 4 heteroatoms. The SMILES string of the molecule is Cc1ccc(C(=O)NC2CCN3CCCC3C2)cc1O. The Hall–Kier alpha value is -1.55. The molecule has 2 aliphatic heterocycles. The molecule has 2 heterocycles. The smallest absolute Gasteiger partial charge is 0.251 e. The predicted molar refractivity (Wildman–Crippen MR) is 77.9 cm³/mol. The predicted octanol–water partition coefficient (Wildman–Crippen LogP) is 2.06. The molecular weight excluding hydrogens is 252 g/mol. The van der Waals surface area contributed by atoms with Gasteiger partial charge in [-0.15, -0.1) is 0 Å². The molecule has 0 bridgehead atoms. The Kier molecular flexibility index (Phi) is 3.66. The second-order valence-corrected chi connectivity index (χ2v) is 6.03. The number of phenolic OH excluding ortho intramolecular Hbond substituents is 1. The van der Waals surface area contributed by atoms with E-state index >= 15 is 0 Å². The second-order valence-electron chi connectivity index (χ2n) is 6.03. The first kappa shape index (κ1) is 13.4. The molecule has 0 saturated carbocycles. The fraction of sp³-hybridized carbons (Fsp3) is 0.562. The van der Waals surface area contributed by atoms with Crippen molar-refractivity contribution in [1.29, 1.82) is 0 Å². The molecule has 2 aliphatic rings. The van der Waals surface area contributed by atoms with Crippen LogP contribution in [0.2, 0.25) is 0 Å². The van der Waals surface area contributed by atoms with Gasteiger partial charge in [0.05, 0.1) is 0 Å². The Morgan fingerprint density at radius 2 is 2.20 bits per heavy atom. The quantitative estimate of drug-likeness (QED) is 0.868. The van der Waals surface area contributed by atoms with Crippen molar-refractivity contribution in [1.82, 2.24) is 10.2 Å². The van der Waals surface area contributed by atoms with Gasteiger partial charge in [0.15, 0.2) is 0 Å². The molecule has 2 N–H and O–H groups in total. The maximum Gasteiger partial charge on any atom is 0.251 e. The first-order valence-electron chi connectivity index (χ1n) is 7.48. The molecule has 1 amide bonds. The molecule has 0 radical (unpaired) electrons. The highest BCUT2D eigenvalue weighted by Gasteiger charge is 2.32. The van der Waals surface area contributed by atoms with Gasteiger partial charge in [-0.05, 0) is 56.8 Å². The van der Waals surface area contributed by atoms with E-state index in [2.05, 4.69) is 10.2 Å². The number of piperidine rings is 1. The Bertz CT molecular complexity index is 515. The van der Waals surface area contributed by atoms with Crippen molar-refractivity contribution in [3.05, 3.63) is 29.3 Å². The molecule has 2 unspecified atom stereocenters. The van der Waals surface area contributed by atoms with E-state index in [1.54, 1.807) is 18.2 Å². The van der Waals surface area contributed by atoms with E-state index < -0.39 is 0 Å². The molecule has 3 rings (SSSR count). The summed E-state index contributed by atoms with van der Waals surface area (Å²) in [5.41, 5.74) is 1.34. The molecule has 0 spiro atoms. The number of nitrogens with zero attached hydrogens (tertiary/aromatic N) is 1. The van der Waals surface area contributed by atoms with Crippen LogP contribution in [0, 0.1) is 6.92 Å². The first-order valence-corrected chi connectivity index (χ1v) is 7.48. The van der Waals surface area contributed by atoms with Gasteiger partial charge in [-0.3, -0.25) is 4.79 Å². The summed E-state index contributed by atoms with van der Waals surface area (Å²) in [6.07, 6.45) is 4.64. The number of hydrogen-bond acceptors (Lipinski definition) is 3. The molecule has 2 saturated heterocycles. The number of phenols is 1. The molecule has 2 atom stereocenters. The summed E-state index contributed by atoms with van der Waals surface area (Å²) in [6.45, 7) is 4.14. The molecule has 108 valence electrons. The van der Waals surface area contributed by atoms with E-state index in [4.69, 9.17) is 0 Å². The minimum atomic E-state index is -0.0725. The molecule has 1 aromatic rings. The third-order valence-corrected chi connectivity index (χ3v) is 4.63. The van der Waals surface area contributed by atoms with Crippen molar-refractivity contribution in [3.8, 4) is 5.75 Å². The number of nitrogens with one attached hydrogen (secondary N) is 1. The number of aryl methyl sites for hydroxylation is 1. The van der Waals surface area contributed by atoms with Crippen LogP contribution in [0.15, 0.2) is 18.2 Å². The number of rotatable bonds is 2. The zero-order chi connectivity index (χ0) is 14.1. The summed E-state index contributed by atoms with van der Waals surface area (Å²) in [7, 11) is 0. The van der Waals surface area contributed by atoms with Crippen LogP contribution in [0.3, 0.4) is 0 Å². The van der Waals surface area contributed by atoms with E-state index in [9.17, 15) is 9.90 Å². The third-order valence-electron chi connectivity index (χ3n) is 4.63. The lowest BCUT2D eigenvalue weighted by atomic mass is 9.97. The van der Waals surface area contributed by atoms with Gasteiger partial charge in [0.1, 0.15) is 5.75 Å². The van der Waals surface area contributed by atoms with Crippen molar-refractivity contribution in [2.45, 2.75) is 44.7 Å². The van der Waals surface area contributed by atoms with Gasteiger partial charge in [-0.2, -0.15) is 0 Å². The van der Waals surface area contributed by atoms with Crippen molar-refractivity contribution < 1.29 is 9.90 Å². The van der Waals surface area contributed by atoms with Crippen molar-refractivity contribution in [3.63, 3.8) is 0 Å². The summed E-state index contributed by atoms with van der Waals surface area (Å²) in [4.78, 5) is 14.8. The van der Waals surface area contributed by atoms with Crippen molar-refractivity contribution >= 4 is 5.91 Å².